The predicted molar refractivity (Wildman–Crippen MR) is 129 cm³/mol. The maximum absolute atomic E-state index is 13.2. The van der Waals surface area contributed by atoms with E-state index in [1.54, 1.807) is 0 Å². The molecule has 2 atom stereocenters. The first-order valence-electron chi connectivity index (χ1n) is 11.5. The van der Waals surface area contributed by atoms with Crippen LogP contribution in [0.2, 0.25) is 5.02 Å². The molecule has 212 valence electrons. The number of urea groups is 1. The number of amides is 3. The fourth-order valence-electron chi connectivity index (χ4n) is 3.41. The Morgan fingerprint density at radius 1 is 1.23 bits per heavy atom. The molecule has 1 aliphatic carbocycles. The molecule has 1 unspecified atom stereocenters. The molecule has 0 bridgehead atoms. The van der Waals surface area contributed by atoms with Crippen LogP contribution >= 0.6 is 11.6 Å². The third-order valence-electron chi connectivity index (χ3n) is 5.68. The summed E-state index contributed by atoms with van der Waals surface area (Å²) in [6.45, 7) is -1.70. The summed E-state index contributed by atoms with van der Waals surface area (Å²) in [7, 11) is 0. The van der Waals surface area contributed by atoms with Gasteiger partial charge in [0.2, 0.25) is 0 Å². The monoisotopic (exact) mass is 586 g/mol. The van der Waals surface area contributed by atoms with Crippen molar-refractivity contribution in [3.63, 3.8) is 0 Å². The van der Waals surface area contributed by atoms with Crippen LogP contribution in [0.15, 0.2) is 48.9 Å². The molecule has 40 heavy (non-hydrogen) atoms. The molecule has 1 fully saturated rings. The highest BCUT2D eigenvalue weighted by Crippen LogP contribution is 2.41. The number of hydrogen-bond donors (Lipinski definition) is 4. The Morgan fingerprint density at radius 2 is 1.90 bits per heavy atom. The molecule has 1 aliphatic rings. The van der Waals surface area contributed by atoms with Crippen LogP contribution in [0.5, 0.6) is 0 Å². The van der Waals surface area contributed by atoms with E-state index in [1.807, 2.05) is 0 Å². The van der Waals surface area contributed by atoms with E-state index in [9.17, 15) is 36.6 Å². The number of alkyl halides is 5. The number of aliphatic hydroxyl groups is 1. The molecule has 0 aliphatic heterocycles. The number of aliphatic hydroxyl groups excluding tert-OH is 1. The molecule has 3 aromatic rings. The minimum atomic E-state index is -5.05. The summed E-state index contributed by atoms with van der Waals surface area (Å²) in [6, 6.07) is 5.69. The third kappa shape index (κ3) is 6.69. The largest absolute Gasteiger partial charge is 0.416 e. The van der Waals surface area contributed by atoms with Crippen LogP contribution in [0, 0.1) is 5.41 Å². The summed E-state index contributed by atoms with van der Waals surface area (Å²) in [6.07, 6.45) is -6.01. The fraction of sp³-hybridized carbons (Fsp3) is 0.304. The minimum absolute atomic E-state index is 0.0477. The van der Waals surface area contributed by atoms with Crippen molar-refractivity contribution in [3.05, 3.63) is 70.9 Å². The van der Waals surface area contributed by atoms with E-state index in [0.29, 0.717) is 9.92 Å². The Kier molecular flexibility index (Phi) is 8.02. The topological polar surface area (TPSA) is 149 Å². The lowest BCUT2D eigenvalue weighted by molar-refractivity contribution is -0.204. The fourth-order valence-corrected chi connectivity index (χ4v) is 3.53. The molecule has 17 heteroatoms. The van der Waals surface area contributed by atoms with E-state index in [4.69, 9.17) is 17.0 Å². The number of halogens is 6. The zero-order valence-corrected chi connectivity index (χ0v) is 20.9. The Hall–Kier alpha value is -4.18. The molecule has 0 saturated heterocycles. The van der Waals surface area contributed by atoms with Crippen LogP contribution < -0.4 is 10.6 Å². The Balaban J connectivity index is 1.47. The van der Waals surface area contributed by atoms with Gasteiger partial charge in [0.05, 0.1) is 24.7 Å². The lowest BCUT2D eigenvalue weighted by Crippen LogP contribution is -2.50. The number of amidine groups is 1. The van der Waals surface area contributed by atoms with Gasteiger partial charge in [-0.25, -0.2) is 28.2 Å². The summed E-state index contributed by atoms with van der Waals surface area (Å²) in [5.74, 6) is -4.54. The number of carbonyl (C=O) groups is 2. The summed E-state index contributed by atoms with van der Waals surface area (Å²) in [5.41, 5.74) is -0.0179. The Bertz CT molecular complexity index is 1420. The number of carbonyl (C=O) groups excluding carboxylic acids is 2. The molecule has 2 aromatic heterocycles. The van der Waals surface area contributed by atoms with Gasteiger partial charge in [-0.05, 0) is 36.4 Å². The highest BCUT2D eigenvalue weighted by Gasteiger charge is 2.58. The quantitative estimate of drug-likeness (QED) is 0.181. The van der Waals surface area contributed by atoms with E-state index >= 15 is 0 Å². The number of benzene rings is 1. The Morgan fingerprint density at radius 3 is 2.52 bits per heavy atom. The van der Waals surface area contributed by atoms with Crippen molar-refractivity contribution < 1.29 is 36.6 Å². The van der Waals surface area contributed by atoms with Crippen molar-refractivity contribution in [2.75, 3.05) is 6.54 Å². The van der Waals surface area contributed by atoms with Gasteiger partial charge in [0.15, 0.2) is 17.7 Å². The average Bonchev–Trinajstić information content (AvgIpc) is 3.26. The molecule has 11 nitrogen and oxygen atoms in total. The van der Waals surface area contributed by atoms with Crippen LogP contribution in [0.25, 0.3) is 5.82 Å². The second-order valence-corrected chi connectivity index (χ2v) is 9.09. The average molecular weight is 587 g/mol. The lowest BCUT2D eigenvalue weighted by atomic mass is 10.2. The first-order chi connectivity index (χ1) is 18.8. The van der Waals surface area contributed by atoms with E-state index < -0.39 is 61.5 Å². The smallest absolute Gasteiger partial charge is 0.382 e. The van der Waals surface area contributed by atoms with Crippen molar-refractivity contribution in [2.24, 2.45) is 0 Å². The summed E-state index contributed by atoms with van der Waals surface area (Å²) < 4.78 is 66.5. The van der Waals surface area contributed by atoms with Gasteiger partial charge in [0.1, 0.15) is 12.2 Å². The summed E-state index contributed by atoms with van der Waals surface area (Å²) >= 11 is 5.80. The molecule has 2 heterocycles. The zero-order chi connectivity index (χ0) is 29.2. The normalized spacial score (nSPS) is 16.6. The molecule has 4 N–H and O–H groups in total. The number of aromatic nitrogens is 4. The molecule has 1 aromatic carbocycles. The van der Waals surface area contributed by atoms with Gasteiger partial charge < -0.3 is 15.7 Å². The number of rotatable bonds is 8. The van der Waals surface area contributed by atoms with Crippen molar-refractivity contribution in [1.82, 2.24) is 35.3 Å². The predicted octanol–water partition coefficient (Wildman–Crippen LogP) is 2.91. The van der Waals surface area contributed by atoms with Crippen molar-refractivity contribution in [1.29, 1.82) is 5.41 Å². The van der Waals surface area contributed by atoms with Gasteiger partial charge in [0, 0.05) is 23.2 Å². The third-order valence-corrected chi connectivity index (χ3v) is 5.93. The molecule has 3 amide bonds. The van der Waals surface area contributed by atoms with Crippen LogP contribution in [-0.2, 0) is 6.54 Å². The van der Waals surface area contributed by atoms with E-state index in [0.717, 1.165) is 11.0 Å². The number of hydrogen-bond acceptors (Lipinski definition) is 7. The second-order valence-electron chi connectivity index (χ2n) is 8.65. The maximum Gasteiger partial charge on any atom is 0.416 e. The van der Waals surface area contributed by atoms with Crippen molar-refractivity contribution in [3.8, 4) is 5.82 Å². The Labute approximate surface area is 227 Å². The molecule has 4 rings (SSSR count). The molecule has 0 spiro atoms. The van der Waals surface area contributed by atoms with Gasteiger partial charge in [-0.15, -0.1) is 5.10 Å². The van der Waals surface area contributed by atoms with Gasteiger partial charge in [-0.3, -0.25) is 15.1 Å². The van der Waals surface area contributed by atoms with E-state index in [1.165, 1.54) is 42.6 Å². The van der Waals surface area contributed by atoms with Crippen LogP contribution in [0.3, 0.4) is 0 Å². The van der Waals surface area contributed by atoms with Gasteiger partial charge in [-0.2, -0.15) is 13.2 Å². The van der Waals surface area contributed by atoms with Gasteiger partial charge >= 0.3 is 12.2 Å². The van der Waals surface area contributed by atoms with E-state index in [2.05, 4.69) is 25.7 Å². The van der Waals surface area contributed by atoms with Crippen molar-refractivity contribution >= 4 is 29.4 Å². The standard InChI is InChI=1S/C23H20ClF5N8O3/c24-13-5-3-12(4-6-13)18(30)36(10-16(38)23(27,28)29)21(40)32-9-17-33-11-37(35-17)19-14(2-1-7-31-19)20(39)34-15-8-22(15,25)26/h1-7,11,15-16,30,38H,8-10H2,(H,32,40)(H,34,39)/t15?,16-/m0/s1. The number of nitrogens with zero attached hydrogens (tertiary/aromatic N) is 5. The van der Waals surface area contributed by atoms with Gasteiger partial charge in [0.25, 0.3) is 11.8 Å². The molecular formula is C23H20ClF5N8O3. The zero-order valence-electron chi connectivity index (χ0n) is 20.2. The highest BCUT2D eigenvalue weighted by molar-refractivity contribution is 6.30. The van der Waals surface area contributed by atoms with Gasteiger partial charge in [-0.1, -0.05) is 11.6 Å². The first kappa shape index (κ1) is 28.8. The number of pyridine rings is 1. The summed E-state index contributed by atoms with van der Waals surface area (Å²) in [4.78, 5) is 33.7. The molecule has 1 saturated carbocycles. The van der Waals surface area contributed by atoms with Crippen LogP contribution in [-0.4, -0.2) is 78.3 Å². The molecule has 0 radical (unpaired) electrons. The molecular weight excluding hydrogens is 567 g/mol. The van der Waals surface area contributed by atoms with E-state index in [-0.39, 0.29) is 22.8 Å². The first-order valence-corrected chi connectivity index (χ1v) is 11.8. The van der Waals surface area contributed by atoms with Crippen molar-refractivity contribution in [2.45, 2.75) is 37.2 Å². The second kappa shape index (κ2) is 11.1. The maximum atomic E-state index is 13.2. The van der Waals surface area contributed by atoms with Crippen LogP contribution in [0.1, 0.15) is 28.2 Å². The highest BCUT2D eigenvalue weighted by atomic mass is 35.5. The van der Waals surface area contributed by atoms with Crippen LogP contribution in [0.4, 0.5) is 26.7 Å². The SMILES string of the molecule is N=C(c1ccc(Cl)cc1)N(C[C@H](O)C(F)(F)F)C(=O)NCc1ncn(-c2ncccc2C(=O)NC2CC2(F)F)n1. The lowest BCUT2D eigenvalue weighted by Gasteiger charge is -2.26. The number of nitrogens with one attached hydrogen (secondary N) is 3. The minimum Gasteiger partial charge on any atom is -0.382 e. The summed E-state index contributed by atoms with van der Waals surface area (Å²) in [5, 5.41) is 26.6.